The van der Waals surface area contributed by atoms with E-state index in [9.17, 15) is 9.18 Å². The first kappa shape index (κ1) is 15.3. The molecule has 0 heterocycles. The van der Waals surface area contributed by atoms with E-state index in [2.05, 4.69) is 21.2 Å². The molecule has 0 aliphatic heterocycles. The van der Waals surface area contributed by atoms with E-state index < -0.39 is 5.82 Å². The van der Waals surface area contributed by atoms with Gasteiger partial charge in [-0.2, -0.15) is 0 Å². The van der Waals surface area contributed by atoms with Crippen molar-refractivity contribution in [3.8, 4) is 5.75 Å². The summed E-state index contributed by atoms with van der Waals surface area (Å²) in [5.74, 6) is -0.277. The first-order valence-corrected chi connectivity index (χ1v) is 7.08. The van der Waals surface area contributed by atoms with Gasteiger partial charge in [-0.15, -0.1) is 0 Å². The monoisotopic (exact) mass is 352 g/mol. The summed E-state index contributed by atoms with van der Waals surface area (Å²) in [6.45, 7) is 0.559. The van der Waals surface area contributed by atoms with Crippen molar-refractivity contribution in [1.82, 2.24) is 5.32 Å². The molecule has 0 bridgehead atoms. The van der Waals surface area contributed by atoms with Gasteiger partial charge in [-0.05, 0) is 40.2 Å². The van der Waals surface area contributed by atoms with E-state index in [1.807, 2.05) is 12.1 Å². The average Bonchev–Trinajstić information content (AvgIpc) is 2.48. The predicted octanol–water partition coefficient (Wildman–Crippen LogP) is 2.98. The van der Waals surface area contributed by atoms with Crippen LogP contribution >= 0.6 is 15.9 Å². The van der Waals surface area contributed by atoms with Crippen LogP contribution in [-0.2, 0) is 0 Å². The van der Waals surface area contributed by atoms with Gasteiger partial charge in [-0.1, -0.05) is 18.2 Å². The molecule has 2 aromatic carbocycles. The highest BCUT2D eigenvalue weighted by Gasteiger charge is 2.12. The van der Waals surface area contributed by atoms with Crippen molar-refractivity contribution in [2.75, 3.05) is 18.9 Å². The first-order valence-electron chi connectivity index (χ1n) is 6.29. The Kier molecular flexibility index (Phi) is 5.16. The highest BCUT2D eigenvalue weighted by atomic mass is 79.9. The quantitative estimate of drug-likeness (QED) is 0.642. The van der Waals surface area contributed by atoms with E-state index in [1.54, 1.807) is 18.2 Å². The third-order valence-electron chi connectivity index (χ3n) is 2.76. The summed E-state index contributed by atoms with van der Waals surface area (Å²) >= 11 is 3.05. The molecule has 0 aliphatic carbocycles. The van der Waals surface area contributed by atoms with Crippen LogP contribution in [0.4, 0.5) is 10.1 Å². The number of benzene rings is 2. The SMILES string of the molecule is Nc1ccccc1OCCNC(=O)c1cccc(F)c1Br. The molecule has 2 aromatic rings. The summed E-state index contributed by atoms with van der Waals surface area (Å²) in [4.78, 5) is 11.9. The molecule has 0 aromatic heterocycles. The second kappa shape index (κ2) is 7.08. The summed E-state index contributed by atoms with van der Waals surface area (Å²) in [6.07, 6.45) is 0. The number of hydrogen-bond donors (Lipinski definition) is 2. The molecule has 110 valence electrons. The molecular formula is C15H14BrFN2O2. The van der Waals surface area contributed by atoms with Gasteiger partial charge in [0.1, 0.15) is 18.2 Å². The Balaban J connectivity index is 1.85. The summed E-state index contributed by atoms with van der Waals surface area (Å²) in [6, 6.07) is 11.4. The van der Waals surface area contributed by atoms with Crippen LogP contribution < -0.4 is 15.8 Å². The van der Waals surface area contributed by atoms with Gasteiger partial charge in [-0.25, -0.2) is 4.39 Å². The maximum absolute atomic E-state index is 13.3. The molecule has 0 unspecified atom stereocenters. The number of carbonyl (C=O) groups is 1. The Hall–Kier alpha value is -2.08. The number of carbonyl (C=O) groups excluding carboxylic acids is 1. The minimum absolute atomic E-state index is 0.149. The van der Waals surface area contributed by atoms with Crippen molar-refractivity contribution in [3.63, 3.8) is 0 Å². The van der Waals surface area contributed by atoms with Gasteiger partial charge in [0.2, 0.25) is 0 Å². The summed E-state index contributed by atoms with van der Waals surface area (Å²) in [7, 11) is 0. The number of nitrogens with one attached hydrogen (secondary N) is 1. The molecule has 0 saturated carbocycles. The zero-order chi connectivity index (χ0) is 15.2. The third-order valence-corrected chi connectivity index (χ3v) is 3.57. The van der Waals surface area contributed by atoms with Crippen LogP contribution in [0.1, 0.15) is 10.4 Å². The molecule has 0 saturated heterocycles. The highest BCUT2D eigenvalue weighted by Crippen LogP contribution is 2.20. The first-order chi connectivity index (χ1) is 10.1. The van der Waals surface area contributed by atoms with Crippen LogP contribution in [0.25, 0.3) is 0 Å². The second-order valence-electron chi connectivity index (χ2n) is 4.24. The lowest BCUT2D eigenvalue weighted by Gasteiger charge is -2.10. The molecule has 6 heteroatoms. The zero-order valence-corrected chi connectivity index (χ0v) is 12.7. The number of nitrogen functional groups attached to an aromatic ring is 1. The third kappa shape index (κ3) is 3.95. The van der Waals surface area contributed by atoms with Crippen molar-refractivity contribution >= 4 is 27.5 Å². The van der Waals surface area contributed by atoms with Crippen LogP contribution in [0.15, 0.2) is 46.9 Å². The van der Waals surface area contributed by atoms with Crippen LogP contribution in [-0.4, -0.2) is 19.1 Å². The van der Waals surface area contributed by atoms with E-state index in [0.29, 0.717) is 11.4 Å². The average molecular weight is 353 g/mol. The Morgan fingerprint density at radius 2 is 2.00 bits per heavy atom. The Labute approximate surface area is 130 Å². The minimum Gasteiger partial charge on any atom is -0.490 e. The lowest BCUT2D eigenvalue weighted by atomic mass is 10.2. The van der Waals surface area contributed by atoms with E-state index in [0.717, 1.165) is 0 Å². The van der Waals surface area contributed by atoms with Crippen molar-refractivity contribution in [2.45, 2.75) is 0 Å². The van der Waals surface area contributed by atoms with Gasteiger partial charge >= 0.3 is 0 Å². The molecule has 0 radical (unpaired) electrons. The van der Waals surface area contributed by atoms with Gasteiger partial charge in [0.15, 0.2) is 0 Å². The van der Waals surface area contributed by atoms with Crippen molar-refractivity contribution in [2.24, 2.45) is 0 Å². The van der Waals surface area contributed by atoms with Gasteiger partial charge in [0, 0.05) is 0 Å². The smallest absolute Gasteiger partial charge is 0.252 e. The fourth-order valence-electron chi connectivity index (χ4n) is 1.71. The largest absolute Gasteiger partial charge is 0.490 e. The molecule has 21 heavy (non-hydrogen) atoms. The highest BCUT2D eigenvalue weighted by molar-refractivity contribution is 9.10. The molecule has 0 spiro atoms. The van der Waals surface area contributed by atoms with Crippen LogP contribution in [0, 0.1) is 5.82 Å². The normalized spacial score (nSPS) is 10.2. The predicted molar refractivity (Wildman–Crippen MR) is 82.8 cm³/mol. The van der Waals surface area contributed by atoms with E-state index in [4.69, 9.17) is 10.5 Å². The van der Waals surface area contributed by atoms with Crippen LogP contribution in [0.5, 0.6) is 5.75 Å². The molecule has 2 rings (SSSR count). The number of rotatable bonds is 5. The number of ether oxygens (including phenoxy) is 1. The van der Waals surface area contributed by atoms with E-state index >= 15 is 0 Å². The molecule has 0 fully saturated rings. The standard InChI is InChI=1S/C15H14BrFN2O2/c16-14-10(4-3-5-11(14)17)15(20)19-8-9-21-13-7-2-1-6-12(13)18/h1-7H,8-9,18H2,(H,19,20). The van der Waals surface area contributed by atoms with Crippen molar-refractivity contribution in [1.29, 1.82) is 0 Å². The maximum atomic E-state index is 13.3. The second-order valence-corrected chi connectivity index (χ2v) is 5.04. The number of hydrogen-bond acceptors (Lipinski definition) is 3. The fraction of sp³-hybridized carbons (Fsp3) is 0.133. The topological polar surface area (TPSA) is 64.3 Å². The van der Waals surface area contributed by atoms with Gasteiger partial charge in [0.25, 0.3) is 5.91 Å². The number of amides is 1. The summed E-state index contributed by atoms with van der Waals surface area (Å²) < 4.78 is 18.9. The van der Waals surface area contributed by atoms with Gasteiger partial charge in [0.05, 0.1) is 22.3 Å². The van der Waals surface area contributed by atoms with Gasteiger partial charge < -0.3 is 15.8 Å². The van der Waals surface area contributed by atoms with Crippen LogP contribution in [0.2, 0.25) is 0 Å². The minimum atomic E-state index is -0.476. The number of halogens is 2. The molecule has 3 N–H and O–H groups in total. The number of para-hydroxylation sites is 2. The molecule has 1 amide bonds. The molecule has 0 atom stereocenters. The molecule has 0 aliphatic rings. The summed E-state index contributed by atoms with van der Waals surface area (Å²) in [5.41, 5.74) is 6.51. The molecule has 4 nitrogen and oxygen atoms in total. The van der Waals surface area contributed by atoms with Crippen molar-refractivity contribution < 1.29 is 13.9 Å². The lowest BCUT2D eigenvalue weighted by molar-refractivity contribution is 0.0946. The van der Waals surface area contributed by atoms with E-state index in [-0.39, 0.29) is 29.1 Å². The van der Waals surface area contributed by atoms with E-state index in [1.165, 1.54) is 12.1 Å². The Bertz CT molecular complexity index is 649. The van der Waals surface area contributed by atoms with Gasteiger partial charge in [-0.3, -0.25) is 4.79 Å². The van der Waals surface area contributed by atoms with Crippen LogP contribution in [0.3, 0.4) is 0 Å². The fourth-order valence-corrected chi connectivity index (χ4v) is 2.16. The molecular weight excluding hydrogens is 339 g/mol. The number of nitrogens with two attached hydrogens (primary N) is 1. The summed E-state index contributed by atoms with van der Waals surface area (Å²) in [5, 5.41) is 2.66. The maximum Gasteiger partial charge on any atom is 0.252 e. The number of anilines is 1. The van der Waals surface area contributed by atoms with Crippen molar-refractivity contribution in [3.05, 3.63) is 58.3 Å². The Morgan fingerprint density at radius 3 is 2.76 bits per heavy atom. The zero-order valence-electron chi connectivity index (χ0n) is 11.1. The lowest BCUT2D eigenvalue weighted by Crippen LogP contribution is -2.28. The Morgan fingerprint density at radius 1 is 1.24 bits per heavy atom.